The number of rotatable bonds is 1. The van der Waals surface area contributed by atoms with Crippen molar-refractivity contribution in [3.05, 3.63) is 26.5 Å². The third kappa shape index (κ3) is 1.35. The fraction of sp³-hybridized carbons (Fsp3) is 0.333. The molecule has 3 nitrogen and oxygen atoms in total. The van der Waals surface area contributed by atoms with Crippen LogP contribution in [0.5, 0.6) is 0 Å². The summed E-state index contributed by atoms with van der Waals surface area (Å²) in [6, 6.07) is 0. The number of aromatic amines is 1. The zero-order valence-corrected chi connectivity index (χ0v) is 9.37. The monoisotopic (exact) mass is 228 g/mol. The average Bonchev–Trinajstić information content (AvgIpc) is 2.49. The van der Waals surface area contributed by atoms with Gasteiger partial charge >= 0.3 is 0 Å². The Balaban J connectivity index is 2.91. The molecule has 0 bridgehead atoms. The minimum absolute atomic E-state index is 0.212. The van der Waals surface area contributed by atoms with Gasteiger partial charge in [0.2, 0.25) is 0 Å². The van der Waals surface area contributed by atoms with Crippen LogP contribution in [0.3, 0.4) is 0 Å². The molecule has 0 unspecified atom stereocenters. The van der Waals surface area contributed by atoms with E-state index in [0.717, 1.165) is 10.4 Å². The van der Waals surface area contributed by atoms with E-state index in [2.05, 4.69) is 10.2 Å². The van der Waals surface area contributed by atoms with Gasteiger partial charge in [-0.2, -0.15) is 5.10 Å². The van der Waals surface area contributed by atoms with E-state index in [4.69, 9.17) is 11.6 Å². The maximum Gasteiger partial charge on any atom is 0.274 e. The van der Waals surface area contributed by atoms with Crippen LogP contribution in [-0.2, 0) is 0 Å². The van der Waals surface area contributed by atoms with E-state index >= 15 is 0 Å². The third-order valence-corrected chi connectivity index (χ3v) is 3.46. The molecule has 0 amide bonds. The first-order valence-electron chi connectivity index (χ1n) is 4.26. The van der Waals surface area contributed by atoms with Gasteiger partial charge in [-0.1, -0.05) is 25.4 Å². The van der Waals surface area contributed by atoms with Crippen LogP contribution in [0.15, 0.2) is 10.2 Å². The number of H-pyrrole nitrogens is 1. The summed E-state index contributed by atoms with van der Waals surface area (Å²) >= 11 is 7.39. The summed E-state index contributed by atoms with van der Waals surface area (Å²) in [7, 11) is 0. The Morgan fingerprint density at radius 2 is 2.29 bits per heavy atom. The fourth-order valence-corrected chi connectivity index (χ4v) is 2.78. The van der Waals surface area contributed by atoms with Crippen molar-refractivity contribution in [1.29, 1.82) is 0 Å². The van der Waals surface area contributed by atoms with E-state index in [1.165, 1.54) is 11.3 Å². The van der Waals surface area contributed by atoms with Crippen LogP contribution in [0.25, 0.3) is 10.1 Å². The number of nitrogens with zero attached hydrogens (tertiary/aromatic N) is 1. The predicted molar refractivity (Wildman–Crippen MR) is 59.3 cm³/mol. The van der Waals surface area contributed by atoms with Gasteiger partial charge in [-0.15, -0.1) is 11.3 Å². The van der Waals surface area contributed by atoms with Crippen LogP contribution in [-0.4, -0.2) is 10.2 Å². The number of aromatic nitrogens is 2. The van der Waals surface area contributed by atoms with Crippen molar-refractivity contribution in [2.75, 3.05) is 0 Å². The fourth-order valence-electron chi connectivity index (χ4n) is 1.35. The summed E-state index contributed by atoms with van der Waals surface area (Å²) in [5.41, 5.74) is 0.687. The molecule has 0 fully saturated rings. The Hall–Kier alpha value is -0.870. The minimum Gasteiger partial charge on any atom is -0.267 e. The smallest absolute Gasteiger partial charge is 0.267 e. The second-order valence-electron chi connectivity index (χ2n) is 3.38. The first kappa shape index (κ1) is 9.68. The average molecular weight is 229 g/mol. The molecule has 0 saturated carbocycles. The Kier molecular flexibility index (Phi) is 2.33. The van der Waals surface area contributed by atoms with Crippen LogP contribution < -0.4 is 5.56 Å². The quantitative estimate of drug-likeness (QED) is 0.816. The van der Waals surface area contributed by atoms with Gasteiger partial charge in [0, 0.05) is 5.38 Å². The summed E-state index contributed by atoms with van der Waals surface area (Å²) in [5.74, 6) is 0.282. The molecular weight excluding hydrogens is 220 g/mol. The van der Waals surface area contributed by atoms with E-state index in [9.17, 15) is 4.79 Å². The van der Waals surface area contributed by atoms with E-state index in [1.807, 2.05) is 13.8 Å². The highest BCUT2D eigenvalue weighted by Gasteiger charge is 2.13. The second kappa shape index (κ2) is 3.37. The highest BCUT2D eigenvalue weighted by atomic mass is 35.5. The number of nitrogens with one attached hydrogen (secondary N) is 1. The Labute approximate surface area is 89.7 Å². The molecule has 0 aliphatic rings. The van der Waals surface area contributed by atoms with Gasteiger partial charge in [-0.05, 0) is 5.92 Å². The lowest BCUT2D eigenvalue weighted by atomic mass is 10.1. The normalized spacial score (nSPS) is 11.4. The van der Waals surface area contributed by atoms with Crippen LogP contribution in [0.1, 0.15) is 25.5 Å². The van der Waals surface area contributed by atoms with Crippen molar-refractivity contribution in [1.82, 2.24) is 10.2 Å². The maximum absolute atomic E-state index is 11.4. The molecule has 2 heterocycles. The lowest BCUT2D eigenvalue weighted by molar-refractivity contribution is 0.795. The molecule has 14 heavy (non-hydrogen) atoms. The summed E-state index contributed by atoms with van der Waals surface area (Å²) in [4.78, 5) is 11.4. The molecule has 0 aliphatic heterocycles. The molecule has 0 aliphatic carbocycles. The molecule has 2 aromatic rings. The lowest BCUT2D eigenvalue weighted by Gasteiger charge is -2.03. The molecule has 0 atom stereocenters. The highest BCUT2D eigenvalue weighted by Crippen LogP contribution is 2.31. The van der Waals surface area contributed by atoms with Crippen molar-refractivity contribution < 1.29 is 0 Å². The van der Waals surface area contributed by atoms with E-state index in [0.29, 0.717) is 10.4 Å². The van der Waals surface area contributed by atoms with E-state index < -0.39 is 0 Å². The van der Waals surface area contributed by atoms with E-state index in [1.54, 1.807) is 5.38 Å². The van der Waals surface area contributed by atoms with Gasteiger partial charge in [-0.3, -0.25) is 4.79 Å². The Morgan fingerprint density at radius 1 is 1.57 bits per heavy atom. The van der Waals surface area contributed by atoms with Crippen molar-refractivity contribution in [2.24, 2.45) is 0 Å². The SMILES string of the molecule is CC(C)c1n[nH]c(=O)c2c(Cl)csc12. The predicted octanol–water partition coefficient (Wildman–Crippen LogP) is 2.76. The molecule has 2 rings (SSSR count). The Bertz CT molecular complexity index is 529. The third-order valence-electron chi connectivity index (χ3n) is 2.03. The summed E-state index contributed by atoms with van der Waals surface area (Å²) in [6.07, 6.45) is 0. The zero-order chi connectivity index (χ0) is 10.3. The summed E-state index contributed by atoms with van der Waals surface area (Å²) < 4.78 is 0.897. The van der Waals surface area contributed by atoms with Crippen molar-refractivity contribution in [2.45, 2.75) is 19.8 Å². The molecular formula is C9H9ClN2OS. The summed E-state index contributed by atoms with van der Waals surface area (Å²) in [6.45, 7) is 4.07. The summed E-state index contributed by atoms with van der Waals surface area (Å²) in [5, 5.41) is 9.35. The number of thiophene rings is 1. The van der Waals surface area contributed by atoms with Crippen LogP contribution in [0, 0.1) is 0 Å². The van der Waals surface area contributed by atoms with Crippen LogP contribution >= 0.6 is 22.9 Å². The van der Waals surface area contributed by atoms with Crippen LogP contribution in [0.4, 0.5) is 0 Å². The van der Waals surface area contributed by atoms with Gasteiger partial charge in [0.25, 0.3) is 5.56 Å². The number of hydrogen-bond acceptors (Lipinski definition) is 3. The molecule has 0 spiro atoms. The van der Waals surface area contributed by atoms with Gasteiger partial charge in [0.05, 0.1) is 20.8 Å². The van der Waals surface area contributed by atoms with Crippen molar-refractivity contribution in [3.63, 3.8) is 0 Å². The first-order valence-corrected chi connectivity index (χ1v) is 5.52. The van der Waals surface area contributed by atoms with Crippen molar-refractivity contribution in [3.8, 4) is 0 Å². The maximum atomic E-state index is 11.4. The van der Waals surface area contributed by atoms with Gasteiger partial charge < -0.3 is 0 Å². The molecule has 0 saturated heterocycles. The van der Waals surface area contributed by atoms with Crippen LogP contribution in [0.2, 0.25) is 5.02 Å². The molecule has 74 valence electrons. The number of halogens is 1. The zero-order valence-electron chi connectivity index (χ0n) is 7.80. The number of hydrogen-bond donors (Lipinski definition) is 1. The van der Waals surface area contributed by atoms with Gasteiger partial charge in [0.15, 0.2) is 0 Å². The largest absolute Gasteiger partial charge is 0.274 e. The first-order chi connectivity index (χ1) is 6.61. The second-order valence-corrected chi connectivity index (χ2v) is 4.67. The molecule has 0 radical (unpaired) electrons. The van der Waals surface area contributed by atoms with Gasteiger partial charge in [0.1, 0.15) is 0 Å². The van der Waals surface area contributed by atoms with E-state index in [-0.39, 0.29) is 11.5 Å². The topological polar surface area (TPSA) is 45.8 Å². The molecule has 1 N–H and O–H groups in total. The standard InChI is InChI=1S/C9H9ClN2OS/c1-4(2)7-8-6(5(10)3-14-8)9(13)12-11-7/h3-4H,1-2H3,(H,12,13). The molecule has 0 aromatic carbocycles. The number of fused-ring (bicyclic) bond motifs is 1. The molecule has 2 aromatic heterocycles. The Morgan fingerprint density at radius 3 is 2.93 bits per heavy atom. The molecule has 5 heteroatoms. The lowest BCUT2D eigenvalue weighted by Crippen LogP contribution is -2.10. The highest BCUT2D eigenvalue weighted by molar-refractivity contribution is 7.18. The van der Waals surface area contributed by atoms with Crippen molar-refractivity contribution >= 4 is 33.0 Å². The van der Waals surface area contributed by atoms with Gasteiger partial charge in [-0.25, -0.2) is 5.10 Å². The minimum atomic E-state index is -0.212.